The van der Waals surface area contributed by atoms with Crippen LogP contribution in [0.5, 0.6) is 0 Å². The molecule has 1 aromatic heterocycles. The van der Waals surface area contributed by atoms with Crippen molar-refractivity contribution in [2.24, 2.45) is 11.8 Å². The predicted molar refractivity (Wildman–Crippen MR) is 73.7 cm³/mol. The zero-order valence-electron chi connectivity index (χ0n) is 10.9. The lowest BCUT2D eigenvalue weighted by atomic mass is 9.82. The minimum Gasteiger partial charge on any atom is -0.324 e. The van der Waals surface area contributed by atoms with E-state index in [4.69, 9.17) is 11.6 Å². The number of hydrogen-bond acceptors (Lipinski definition) is 2. The molecule has 1 N–H and O–H groups in total. The second-order valence-corrected chi connectivity index (χ2v) is 5.66. The monoisotopic (exact) mass is 266 g/mol. The van der Waals surface area contributed by atoms with Crippen molar-refractivity contribution in [3.8, 4) is 0 Å². The standard InChI is InChI=1S/C14H19ClN2O/c1-9-3-5-11(6-4-9)14(18)17-12-8-16-13(15)7-10(12)2/h7-9,11H,3-6H2,1-2H3,(H,17,18). The Balaban J connectivity index is 1.98. The highest BCUT2D eigenvalue weighted by molar-refractivity contribution is 6.29. The van der Waals surface area contributed by atoms with E-state index < -0.39 is 0 Å². The Labute approximate surface area is 113 Å². The second kappa shape index (κ2) is 5.70. The van der Waals surface area contributed by atoms with E-state index in [1.54, 1.807) is 12.3 Å². The predicted octanol–water partition coefficient (Wildman–Crippen LogP) is 3.81. The van der Waals surface area contributed by atoms with Gasteiger partial charge in [0.05, 0.1) is 11.9 Å². The van der Waals surface area contributed by atoms with Gasteiger partial charge in [0.25, 0.3) is 0 Å². The lowest BCUT2D eigenvalue weighted by molar-refractivity contribution is -0.121. The largest absolute Gasteiger partial charge is 0.324 e. The molecule has 0 radical (unpaired) electrons. The van der Waals surface area contributed by atoms with Gasteiger partial charge in [0.1, 0.15) is 5.15 Å². The van der Waals surface area contributed by atoms with Crippen LogP contribution in [0.4, 0.5) is 5.69 Å². The molecule has 98 valence electrons. The fourth-order valence-corrected chi connectivity index (χ4v) is 2.62. The molecule has 0 aliphatic heterocycles. The van der Waals surface area contributed by atoms with E-state index >= 15 is 0 Å². The Morgan fingerprint density at radius 2 is 2.06 bits per heavy atom. The van der Waals surface area contributed by atoms with Gasteiger partial charge >= 0.3 is 0 Å². The summed E-state index contributed by atoms with van der Waals surface area (Å²) in [5, 5.41) is 3.42. The Morgan fingerprint density at radius 3 is 2.67 bits per heavy atom. The Bertz CT molecular complexity index is 439. The van der Waals surface area contributed by atoms with Crippen molar-refractivity contribution in [2.75, 3.05) is 5.32 Å². The number of hydrogen-bond donors (Lipinski definition) is 1. The van der Waals surface area contributed by atoms with Crippen LogP contribution in [0.15, 0.2) is 12.3 Å². The highest BCUT2D eigenvalue weighted by atomic mass is 35.5. The lowest BCUT2D eigenvalue weighted by Crippen LogP contribution is -2.26. The van der Waals surface area contributed by atoms with Crippen LogP contribution in [0.1, 0.15) is 38.2 Å². The summed E-state index contributed by atoms with van der Waals surface area (Å²) >= 11 is 5.79. The maximum Gasteiger partial charge on any atom is 0.227 e. The molecule has 0 bridgehead atoms. The summed E-state index contributed by atoms with van der Waals surface area (Å²) in [7, 11) is 0. The Morgan fingerprint density at radius 1 is 1.39 bits per heavy atom. The van der Waals surface area contributed by atoms with Crippen molar-refractivity contribution in [1.29, 1.82) is 0 Å². The number of aryl methyl sites for hydroxylation is 1. The van der Waals surface area contributed by atoms with Crippen LogP contribution in [0.3, 0.4) is 0 Å². The molecule has 3 nitrogen and oxygen atoms in total. The quantitative estimate of drug-likeness (QED) is 0.827. The van der Waals surface area contributed by atoms with Crippen molar-refractivity contribution in [3.63, 3.8) is 0 Å². The highest BCUT2D eigenvalue weighted by Gasteiger charge is 2.24. The summed E-state index contributed by atoms with van der Waals surface area (Å²) in [6, 6.07) is 1.76. The van der Waals surface area contributed by atoms with Crippen molar-refractivity contribution in [2.45, 2.75) is 39.5 Å². The number of nitrogens with one attached hydrogen (secondary N) is 1. The number of pyridine rings is 1. The molecule has 18 heavy (non-hydrogen) atoms. The summed E-state index contributed by atoms with van der Waals surface area (Å²) in [5.41, 5.74) is 1.72. The fourth-order valence-electron chi connectivity index (χ4n) is 2.41. The molecular weight excluding hydrogens is 248 g/mol. The van der Waals surface area contributed by atoms with Crippen molar-refractivity contribution in [1.82, 2.24) is 4.98 Å². The molecule has 4 heteroatoms. The molecular formula is C14H19ClN2O. The summed E-state index contributed by atoms with van der Waals surface area (Å²) < 4.78 is 0. The molecule has 1 aromatic rings. The summed E-state index contributed by atoms with van der Waals surface area (Å²) in [6.07, 6.45) is 5.91. The van der Waals surface area contributed by atoms with Crippen LogP contribution >= 0.6 is 11.6 Å². The van der Waals surface area contributed by atoms with Gasteiger partial charge in [-0.05, 0) is 50.2 Å². The maximum atomic E-state index is 12.1. The number of carbonyl (C=O) groups excluding carboxylic acids is 1. The lowest BCUT2D eigenvalue weighted by Gasteiger charge is -2.25. The number of nitrogens with zero attached hydrogens (tertiary/aromatic N) is 1. The molecule has 0 unspecified atom stereocenters. The molecule has 0 atom stereocenters. The van der Waals surface area contributed by atoms with Gasteiger partial charge in [0, 0.05) is 5.92 Å². The van der Waals surface area contributed by atoms with Gasteiger partial charge in [-0.3, -0.25) is 4.79 Å². The van der Waals surface area contributed by atoms with Gasteiger partial charge in [-0.25, -0.2) is 4.98 Å². The normalized spacial score (nSPS) is 23.7. The Kier molecular flexibility index (Phi) is 4.23. The summed E-state index contributed by atoms with van der Waals surface area (Å²) in [5.74, 6) is 1.03. The van der Waals surface area contributed by atoms with E-state index in [9.17, 15) is 4.79 Å². The van der Waals surface area contributed by atoms with E-state index in [2.05, 4.69) is 17.2 Å². The molecule has 0 spiro atoms. The number of halogens is 1. The fraction of sp³-hybridized carbons (Fsp3) is 0.571. The third-order valence-corrected chi connectivity index (χ3v) is 3.93. The maximum absolute atomic E-state index is 12.1. The van der Waals surface area contributed by atoms with Crippen LogP contribution in [0.2, 0.25) is 5.15 Å². The van der Waals surface area contributed by atoms with Crippen LogP contribution in [-0.2, 0) is 4.79 Å². The van der Waals surface area contributed by atoms with Crippen molar-refractivity contribution < 1.29 is 4.79 Å². The van der Waals surface area contributed by atoms with E-state index in [1.165, 1.54) is 0 Å². The molecule has 0 aromatic carbocycles. The van der Waals surface area contributed by atoms with Crippen molar-refractivity contribution >= 4 is 23.2 Å². The topological polar surface area (TPSA) is 42.0 Å². The van der Waals surface area contributed by atoms with E-state index in [0.717, 1.165) is 42.9 Å². The molecule has 1 aliphatic carbocycles. The average molecular weight is 267 g/mol. The highest BCUT2D eigenvalue weighted by Crippen LogP contribution is 2.29. The molecule has 1 amide bonds. The van der Waals surface area contributed by atoms with E-state index in [1.807, 2.05) is 6.92 Å². The number of anilines is 1. The first kappa shape index (κ1) is 13.3. The molecule has 1 saturated carbocycles. The minimum atomic E-state index is 0.120. The molecule has 2 rings (SSSR count). The smallest absolute Gasteiger partial charge is 0.227 e. The zero-order valence-corrected chi connectivity index (χ0v) is 11.6. The first-order valence-electron chi connectivity index (χ1n) is 6.49. The van der Waals surface area contributed by atoms with E-state index in [-0.39, 0.29) is 11.8 Å². The van der Waals surface area contributed by atoms with Gasteiger partial charge in [-0.1, -0.05) is 18.5 Å². The molecule has 0 saturated heterocycles. The zero-order chi connectivity index (χ0) is 13.1. The average Bonchev–Trinajstić information content (AvgIpc) is 2.33. The number of carbonyl (C=O) groups is 1. The molecule has 1 heterocycles. The van der Waals surface area contributed by atoms with E-state index in [0.29, 0.717) is 5.15 Å². The second-order valence-electron chi connectivity index (χ2n) is 5.27. The SMILES string of the molecule is Cc1cc(Cl)ncc1NC(=O)C1CCC(C)CC1. The number of rotatable bonds is 2. The number of aromatic nitrogens is 1. The van der Waals surface area contributed by atoms with Gasteiger partial charge in [0.2, 0.25) is 5.91 Å². The van der Waals surface area contributed by atoms with Crippen LogP contribution in [0.25, 0.3) is 0 Å². The summed E-state index contributed by atoms with van der Waals surface area (Å²) in [6.45, 7) is 4.17. The van der Waals surface area contributed by atoms with Gasteiger partial charge in [-0.2, -0.15) is 0 Å². The Hall–Kier alpha value is -1.09. The van der Waals surface area contributed by atoms with Crippen LogP contribution in [0, 0.1) is 18.8 Å². The molecule has 1 fully saturated rings. The number of amides is 1. The third-order valence-electron chi connectivity index (χ3n) is 3.72. The van der Waals surface area contributed by atoms with Gasteiger partial charge in [0.15, 0.2) is 0 Å². The third kappa shape index (κ3) is 3.22. The van der Waals surface area contributed by atoms with Gasteiger partial charge < -0.3 is 5.32 Å². The van der Waals surface area contributed by atoms with Crippen LogP contribution in [-0.4, -0.2) is 10.9 Å². The van der Waals surface area contributed by atoms with Crippen molar-refractivity contribution in [3.05, 3.63) is 23.0 Å². The van der Waals surface area contributed by atoms with Gasteiger partial charge in [-0.15, -0.1) is 0 Å². The minimum absolute atomic E-state index is 0.120. The van der Waals surface area contributed by atoms with Crippen LogP contribution < -0.4 is 5.32 Å². The summed E-state index contributed by atoms with van der Waals surface area (Å²) in [4.78, 5) is 16.1. The first-order chi connectivity index (χ1) is 8.56. The molecule has 1 aliphatic rings. The first-order valence-corrected chi connectivity index (χ1v) is 6.87.